The predicted molar refractivity (Wildman–Crippen MR) is 84.4 cm³/mol. The molecule has 2 N–H and O–H groups in total. The molecule has 2 rings (SSSR count). The number of aromatic nitrogens is 1. The van der Waals surface area contributed by atoms with Gasteiger partial charge in [-0.3, -0.25) is 4.79 Å². The zero-order chi connectivity index (χ0) is 15.1. The van der Waals surface area contributed by atoms with E-state index in [4.69, 9.17) is 0 Å². The van der Waals surface area contributed by atoms with E-state index in [0.29, 0.717) is 0 Å². The molecule has 1 heterocycles. The van der Waals surface area contributed by atoms with E-state index in [1.165, 1.54) is 5.56 Å². The molecule has 0 bridgehead atoms. The van der Waals surface area contributed by atoms with Gasteiger partial charge in [-0.2, -0.15) is 0 Å². The maximum absolute atomic E-state index is 11.3. The molecule has 3 nitrogen and oxygen atoms in total. The summed E-state index contributed by atoms with van der Waals surface area (Å²) in [6, 6.07) is 14.3. The van der Waals surface area contributed by atoms with E-state index in [9.17, 15) is 9.90 Å². The first kappa shape index (κ1) is 15.4. The van der Waals surface area contributed by atoms with Crippen molar-refractivity contribution in [1.82, 2.24) is 4.98 Å². The van der Waals surface area contributed by atoms with Crippen LogP contribution in [0.4, 0.5) is 0 Å². The first-order valence-electron chi connectivity index (χ1n) is 7.56. The van der Waals surface area contributed by atoms with Crippen molar-refractivity contribution in [2.24, 2.45) is 0 Å². The van der Waals surface area contributed by atoms with Gasteiger partial charge in [-0.1, -0.05) is 37.3 Å². The topological polar surface area (TPSA) is 53.1 Å². The van der Waals surface area contributed by atoms with Crippen molar-refractivity contribution in [3.63, 3.8) is 0 Å². The van der Waals surface area contributed by atoms with E-state index in [0.717, 1.165) is 31.4 Å². The fourth-order valence-electron chi connectivity index (χ4n) is 3.04. The fraction of sp³-hybridized carbons (Fsp3) is 0.389. The minimum atomic E-state index is -0.730. The highest BCUT2D eigenvalue weighted by atomic mass is 16.4. The van der Waals surface area contributed by atoms with E-state index < -0.39 is 5.97 Å². The predicted octanol–water partition coefficient (Wildman–Crippen LogP) is 4.16. The highest BCUT2D eigenvalue weighted by molar-refractivity contribution is 5.69. The molecule has 0 aliphatic rings. The average Bonchev–Trinajstić information content (AvgIpc) is 3.01. The summed E-state index contributed by atoms with van der Waals surface area (Å²) in [6.07, 6.45) is 5.74. The number of aryl methyl sites for hydroxylation is 1. The molecule has 1 atom stereocenters. The molecule has 0 spiro atoms. The zero-order valence-corrected chi connectivity index (χ0v) is 12.5. The van der Waals surface area contributed by atoms with Crippen molar-refractivity contribution in [1.29, 1.82) is 0 Å². The maximum Gasteiger partial charge on any atom is 0.304 e. The molecule has 1 aromatic carbocycles. The molecule has 0 radical (unpaired) electrons. The van der Waals surface area contributed by atoms with Gasteiger partial charge < -0.3 is 10.1 Å². The summed E-state index contributed by atoms with van der Waals surface area (Å²) in [7, 11) is 0. The van der Waals surface area contributed by atoms with E-state index in [-0.39, 0.29) is 11.8 Å². The average molecular weight is 285 g/mol. The Hall–Kier alpha value is -2.03. The zero-order valence-electron chi connectivity index (χ0n) is 12.5. The van der Waals surface area contributed by atoms with Gasteiger partial charge in [0.15, 0.2) is 0 Å². The van der Waals surface area contributed by atoms with Gasteiger partial charge in [0.05, 0.1) is 6.42 Å². The standard InChI is InChI=1S/C18H23NO2/c1-2-18(14-17(20)21,16-11-7-13-19-16)12-6-10-15-8-4-3-5-9-15/h3-5,7-9,11,13,19H,2,6,10,12,14H2,1H3,(H,20,21). The van der Waals surface area contributed by atoms with E-state index in [1.807, 2.05) is 36.5 Å². The van der Waals surface area contributed by atoms with Crippen LogP contribution in [0, 0.1) is 0 Å². The summed E-state index contributed by atoms with van der Waals surface area (Å²) >= 11 is 0. The molecule has 1 unspecified atom stereocenters. The van der Waals surface area contributed by atoms with Gasteiger partial charge in [0.25, 0.3) is 0 Å². The Labute approximate surface area is 126 Å². The number of carboxylic acid groups (broad SMARTS) is 1. The summed E-state index contributed by atoms with van der Waals surface area (Å²) in [5.41, 5.74) is 2.06. The van der Waals surface area contributed by atoms with Crippen LogP contribution in [0.15, 0.2) is 48.7 Å². The van der Waals surface area contributed by atoms with Gasteiger partial charge in [0.1, 0.15) is 0 Å². The lowest BCUT2D eigenvalue weighted by molar-refractivity contribution is -0.138. The molecule has 1 aromatic heterocycles. The van der Waals surface area contributed by atoms with Crippen molar-refractivity contribution in [2.75, 3.05) is 0 Å². The molecule has 112 valence electrons. The number of rotatable bonds is 8. The van der Waals surface area contributed by atoms with Crippen LogP contribution in [0.2, 0.25) is 0 Å². The highest BCUT2D eigenvalue weighted by Gasteiger charge is 2.33. The minimum absolute atomic E-state index is 0.179. The van der Waals surface area contributed by atoms with Crippen LogP contribution < -0.4 is 0 Å². The van der Waals surface area contributed by atoms with Crippen molar-refractivity contribution in [3.05, 3.63) is 59.9 Å². The van der Waals surface area contributed by atoms with Crippen LogP contribution in [0.5, 0.6) is 0 Å². The van der Waals surface area contributed by atoms with E-state index in [2.05, 4.69) is 24.0 Å². The summed E-state index contributed by atoms with van der Waals surface area (Å²) < 4.78 is 0. The summed E-state index contributed by atoms with van der Waals surface area (Å²) in [5.74, 6) is -0.730. The number of benzene rings is 1. The molecular formula is C18H23NO2. The number of hydrogen-bond acceptors (Lipinski definition) is 1. The molecule has 0 amide bonds. The van der Waals surface area contributed by atoms with Crippen molar-refractivity contribution >= 4 is 5.97 Å². The first-order chi connectivity index (χ1) is 10.2. The van der Waals surface area contributed by atoms with Crippen LogP contribution in [-0.2, 0) is 16.6 Å². The Balaban J connectivity index is 2.07. The normalized spacial score (nSPS) is 13.8. The van der Waals surface area contributed by atoms with Crippen LogP contribution in [0.25, 0.3) is 0 Å². The lowest BCUT2D eigenvalue weighted by Crippen LogP contribution is -2.29. The number of aliphatic carboxylic acids is 1. The molecule has 0 aliphatic carbocycles. The Kier molecular flexibility index (Phi) is 5.20. The maximum atomic E-state index is 11.3. The van der Waals surface area contributed by atoms with Crippen molar-refractivity contribution in [3.8, 4) is 0 Å². The number of carbonyl (C=O) groups is 1. The second kappa shape index (κ2) is 7.11. The van der Waals surface area contributed by atoms with Crippen LogP contribution in [0.1, 0.15) is 43.9 Å². The SMILES string of the molecule is CCC(CCCc1ccccc1)(CC(=O)O)c1ccc[nH]1. The highest BCUT2D eigenvalue weighted by Crippen LogP contribution is 2.36. The first-order valence-corrected chi connectivity index (χ1v) is 7.56. The van der Waals surface area contributed by atoms with Crippen molar-refractivity contribution in [2.45, 2.75) is 44.4 Å². The Morgan fingerprint density at radius 1 is 1.19 bits per heavy atom. The Bertz CT molecular complexity index is 548. The summed E-state index contributed by atoms with van der Waals surface area (Å²) in [5, 5.41) is 9.28. The molecular weight excluding hydrogens is 262 g/mol. The van der Waals surface area contributed by atoms with Gasteiger partial charge >= 0.3 is 5.97 Å². The van der Waals surface area contributed by atoms with Gasteiger partial charge in [-0.15, -0.1) is 0 Å². The third-order valence-corrected chi connectivity index (χ3v) is 4.30. The number of H-pyrrole nitrogens is 1. The third-order valence-electron chi connectivity index (χ3n) is 4.30. The van der Waals surface area contributed by atoms with Crippen LogP contribution in [-0.4, -0.2) is 16.1 Å². The fourth-order valence-corrected chi connectivity index (χ4v) is 3.04. The van der Waals surface area contributed by atoms with Gasteiger partial charge in [-0.25, -0.2) is 0 Å². The number of aromatic amines is 1. The second-order valence-electron chi connectivity index (χ2n) is 5.63. The van der Waals surface area contributed by atoms with Gasteiger partial charge in [-0.05, 0) is 43.4 Å². The van der Waals surface area contributed by atoms with Crippen molar-refractivity contribution < 1.29 is 9.90 Å². The van der Waals surface area contributed by atoms with Crippen LogP contribution >= 0.6 is 0 Å². The molecule has 0 saturated carbocycles. The van der Waals surface area contributed by atoms with Gasteiger partial charge in [0.2, 0.25) is 0 Å². The molecule has 0 fully saturated rings. The number of hydrogen-bond donors (Lipinski definition) is 2. The van der Waals surface area contributed by atoms with E-state index >= 15 is 0 Å². The monoisotopic (exact) mass is 285 g/mol. The van der Waals surface area contributed by atoms with Crippen LogP contribution in [0.3, 0.4) is 0 Å². The summed E-state index contributed by atoms with van der Waals surface area (Å²) in [4.78, 5) is 14.5. The quantitative estimate of drug-likeness (QED) is 0.765. The largest absolute Gasteiger partial charge is 0.481 e. The molecule has 3 heteroatoms. The molecule has 2 aromatic rings. The summed E-state index contributed by atoms with van der Waals surface area (Å²) in [6.45, 7) is 2.08. The molecule has 0 saturated heterocycles. The lowest BCUT2D eigenvalue weighted by Gasteiger charge is -2.30. The second-order valence-corrected chi connectivity index (χ2v) is 5.63. The Morgan fingerprint density at radius 3 is 2.52 bits per heavy atom. The minimum Gasteiger partial charge on any atom is -0.481 e. The van der Waals surface area contributed by atoms with Gasteiger partial charge in [0, 0.05) is 17.3 Å². The third kappa shape index (κ3) is 3.97. The Morgan fingerprint density at radius 2 is 1.95 bits per heavy atom. The smallest absolute Gasteiger partial charge is 0.304 e. The van der Waals surface area contributed by atoms with E-state index in [1.54, 1.807) is 0 Å². The molecule has 21 heavy (non-hydrogen) atoms. The lowest BCUT2D eigenvalue weighted by atomic mass is 9.74. The number of carboxylic acids is 1. The molecule has 0 aliphatic heterocycles. The number of nitrogens with one attached hydrogen (secondary N) is 1.